The molecule has 0 radical (unpaired) electrons. The summed E-state index contributed by atoms with van der Waals surface area (Å²) in [6.07, 6.45) is 8.97. The Bertz CT molecular complexity index is 3240. The predicted molar refractivity (Wildman–Crippen MR) is 301 cm³/mol. The number of rotatable bonds is 10. The molecule has 2 aliphatic carbocycles. The molecule has 9 aromatic rings. The van der Waals surface area contributed by atoms with Gasteiger partial charge in [-0.1, -0.05) is 173 Å². The van der Waals surface area contributed by atoms with Crippen LogP contribution in [0.3, 0.4) is 0 Å². The molecule has 2 nitrogen and oxygen atoms in total. The Morgan fingerprint density at radius 3 is 0.929 bits per heavy atom. The van der Waals surface area contributed by atoms with Crippen LogP contribution in [-0.2, 0) is 10.8 Å². The summed E-state index contributed by atoms with van der Waals surface area (Å²) in [5.41, 5.74) is 27.2. The van der Waals surface area contributed by atoms with Crippen molar-refractivity contribution in [2.24, 2.45) is 0 Å². The predicted octanol–water partition coefficient (Wildman–Crippen LogP) is 18.8. The van der Waals surface area contributed by atoms with Gasteiger partial charge in [-0.3, -0.25) is 0 Å². The summed E-state index contributed by atoms with van der Waals surface area (Å²) in [5, 5.41) is 0. The Labute approximate surface area is 415 Å². The highest BCUT2D eigenvalue weighted by molar-refractivity contribution is 5.89. The fourth-order valence-corrected chi connectivity index (χ4v) is 11.3. The van der Waals surface area contributed by atoms with Gasteiger partial charge >= 0.3 is 0 Å². The normalized spacial score (nSPS) is 13.8. The summed E-state index contributed by atoms with van der Waals surface area (Å²) in [6, 6.07) is 72.0. The second-order valence-electron chi connectivity index (χ2n) is 20.7. The highest BCUT2D eigenvalue weighted by Crippen LogP contribution is 2.53. The molecule has 11 rings (SSSR count). The van der Waals surface area contributed by atoms with Gasteiger partial charge in [0.2, 0.25) is 0 Å². The molecule has 0 N–H and O–H groups in total. The van der Waals surface area contributed by atoms with E-state index in [1.807, 2.05) is 0 Å². The molecule has 0 unspecified atom stereocenters. The maximum Gasteiger partial charge on any atom is 0.0466 e. The molecule has 0 saturated heterocycles. The third kappa shape index (κ3) is 8.18. The second-order valence-corrected chi connectivity index (χ2v) is 20.7. The summed E-state index contributed by atoms with van der Waals surface area (Å²) in [6.45, 7) is 18.2. The fourth-order valence-electron chi connectivity index (χ4n) is 11.3. The van der Waals surface area contributed by atoms with Gasteiger partial charge < -0.3 is 9.80 Å². The van der Waals surface area contributed by atoms with E-state index in [-0.39, 0.29) is 10.8 Å². The van der Waals surface area contributed by atoms with E-state index < -0.39 is 0 Å². The molecule has 9 aromatic carbocycles. The monoisotopic (exact) mass is 904 g/mol. The van der Waals surface area contributed by atoms with Crippen molar-refractivity contribution in [3.8, 4) is 22.3 Å². The maximum atomic E-state index is 2.42. The van der Waals surface area contributed by atoms with Crippen molar-refractivity contribution in [2.75, 3.05) is 9.80 Å². The van der Waals surface area contributed by atoms with E-state index in [0.717, 1.165) is 11.4 Å². The fraction of sp³-hybridized carbons (Fsp3) is 0.147. The van der Waals surface area contributed by atoms with Crippen molar-refractivity contribution in [1.29, 1.82) is 0 Å². The van der Waals surface area contributed by atoms with Crippen molar-refractivity contribution >= 4 is 58.4 Å². The average Bonchev–Trinajstić information content (AvgIpc) is 3.71. The van der Waals surface area contributed by atoms with Gasteiger partial charge in [-0.15, -0.1) is 0 Å². The Hall–Kier alpha value is -7.94. The molecule has 0 aliphatic heterocycles. The average molecular weight is 905 g/mol. The third-order valence-electron chi connectivity index (χ3n) is 14.7. The van der Waals surface area contributed by atoms with E-state index in [2.05, 4.69) is 284 Å². The number of aryl methyl sites for hydroxylation is 4. The Balaban J connectivity index is 0.801. The lowest BCUT2D eigenvalue weighted by Crippen LogP contribution is -2.16. The molecule has 2 aliphatic rings. The maximum absolute atomic E-state index is 2.42. The number of hydrogen-bond donors (Lipinski definition) is 0. The van der Waals surface area contributed by atoms with Gasteiger partial charge in [0.1, 0.15) is 0 Å². The van der Waals surface area contributed by atoms with Crippen molar-refractivity contribution in [3.63, 3.8) is 0 Å². The van der Waals surface area contributed by atoms with Gasteiger partial charge in [-0.05, 0) is 190 Å². The summed E-state index contributed by atoms with van der Waals surface area (Å²) in [5.74, 6) is 0. The van der Waals surface area contributed by atoms with Crippen LogP contribution in [0.5, 0.6) is 0 Å². The van der Waals surface area contributed by atoms with Crippen LogP contribution in [0, 0.1) is 27.7 Å². The minimum absolute atomic E-state index is 0.156. The largest absolute Gasteiger partial charge is 0.310 e. The highest BCUT2D eigenvalue weighted by atomic mass is 15.1. The van der Waals surface area contributed by atoms with E-state index >= 15 is 0 Å². The van der Waals surface area contributed by atoms with Gasteiger partial charge in [-0.25, -0.2) is 0 Å². The summed E-state index contributed by atoms with van der Waals surface area (Å²) in [7, 11) is 0. The highest BCUT2D eigenvalue weighted by Gasteiger charge is 2.37. The van der Waals surface area contributed by atoms with Crippen LogP contribution in [0.25, 0.3) is 46.6 Å². The van der Waals surface area contributed by atoms with E-state index in [0.29, 0.717) is 0 Å². The van der Waals surface area contributed by atoms with Crippen LogP contribution in [0.1, 0.15) is 94.5 Å². The topological polar surface area (TPSA) is 6.48 Å². The van der Waals surface area contributed by atoms with Crippen LogP contribution in [0.4, 0.5) is 34.1 Å². The smallest absolute Gasteiger partial charge is 0.0466 e. The molecule has 2 heteroatoms. The molecule has 0 spiro atoms. The Morgan fingerprint density at radius 2 is 0.571 bits per heavy atom. The van der Waals surface area contributed by atoms with Crippen molar-refractivity contribution in [2.45, 2.75) is 66.2 Å². The molecular weight excluding hydrogens is 845 g/mol. The third-order valence-corrected chi connectivity index (χ3v) is 14.7. The van der Waals surface area contributed by atoms with E-state index in [4.69, 9.17) is 0 Å². The second kappa shape index (κ2) is 17.5. The van der Waals surface area contributed by atoms with Crippen molar-refractivity contribution < 1.29 is 0 Å². The number of para-hydroxylation sites is 2. The number of nitrogens with zero attached hydrogens (tertiary/aromatic N) is 2. The quantitative estimate of drug-likeness (QED) is 0.126. The van der Waals surface area contributed by atoms with Crippen molar-refractivity contribution in [3.05, 3.63) is 261 Å². The first kappa shape index (κ1) is 44.6. The van der Waals surface area contributed by atoms with Gasteiger partial charge in [0, 0.05) is 45.0 Å². The zero-order valence-corrected chi connectivity index (χ0v) is 41.7. The van der Waals surface area contributed by atoms with Gasteiger partial charge in [0.15, 0.2) is 0 Å². The lowest BCUT2D eigenvalue weighted by Gasteiger charge is -2.28. The minimum Gasteiger partial charge on any atom is -0.310 e. The van der Waals surface area contributed by atoms with Crippen LogP contribution >= 0.6 is 0 Å². The first-order chi connectivity index (χ1) is 33.8. The molecule has 70 heavy (non-hydrogen) atoms. The van der Waals surface area contributed by atoms with E-state index in [1.165, 1.54) is 112 Å². The molecule has 0 bridgehead atoms. The van der Waals surface area contributed by atoms with E-state index in [1.54, 1.807) is 0 Å². The zero-order valence-electron chi connectivity index (χ0n) is 41.7. The minimum atomic E-state index is -0.156. The first-order valence-electron chi connectivity index (χ1n) is 24.7. The number of benzene rings is 9. The summed E-state index contributed by atoms with van der Waals surface area (Å²) >= 11 is 0. The molecule has 0 amide bonds. The Kier molecular flexibility index (Phi) is 11.2. The zero-order chi connectivity index (χ0) is 48.3. The number of anilines is 6. The van der Waals surface area contributed by atoms with Crippen LogP contribution in [0.2, 0.25) is 0 Å². The molecular formula is C68H60N2. The van der Waals surface area contributed by atoms with Gasteiger partial charge in [0.05, 0.1) is 0 Å². The van der Waals surface area contributed by atoms with Crippen LogP contribution in [0.15, 0.2) is 194 Å². The first-order valence-corrected chi connectivity index (χ1v) is 24.7. The molecule has 0 aromatic heterocycles. The lowest BCUT2D eigenvalue weighted by atomic mass is 9.81. The lowest BCUT2D eigenvalue weighted by molar-refractivity contribution is 0.660. The SMILES string of the molecule is Cc1cc(C)cc(N(c2ccccc2)c2ccc3c(c2)C(C)(C)c2cc(C=Cc4ccc(C=Cc5ccc6c(c5)C(C)(C)c5cc(N(c7ccccc7)c7cc(C)cc(C)c7)ccc5-6)cc4)ccc2-3)c1. The molecule has 0 heterocycles. The number of hydrogen-bond acceptors (Lipinski definition) is 2. The summed E-state index contributed by atoms with van der Waals surface area (Å²) < 4.78 is 0. The van der Waals surface area contributed by atoms with Gasteiger partial charge in [0.25, 0.3) is 0 Å². The molecule has 0 saturated carbocycles. The van der Waals surface area contributed by atoms with Crippen molar-refractivity contribution in [1.82, 2.24) is 0 Å². The van der Waals surface area contributed by atoms with Gasteiger partial charge in [-0.2, -0.15) is 0 Å². The molecule has 0 atom stereocenters. The molecule has 0 fully saturated rings. The van der Waals surface area contributed by atoms with Crippen LogP contribution in [-0.4, -0.2) is 0 Å². The van der Waals surface area contributed by atoms with E-state index in [9.17, 15) is 0 Å². The molecule has 342 valence electrons. The summed E-state index contributed by atoms with van der Waals surface area (Å²) in [4.78, 5) is 4.79. The van der Waals surface area contributed by atoms with Crippen LogP contribution < -0.4 is 9.80 Å². The Morgan fingerprint density at radius 1 is 0.271 bits per heavy atom. The number of fused-ring (bicyclic) bond motifs is 6. The standard InChI is InChI=1S/C68H60N2/c1-45-35-46(2)38-57(37-45)69(53-15-11-9-12-16-53)55-29-33-61-59-31-27-51(41-63(59)67(5,6)65(61)43-55)25-23-49-19-21-50(22-20-49)24-26-52-28-32-60-62-34-30-56(44-66(62)68(7,8)64(60)42-52)70(54-17-13-10-14-18-54)58-39-47(3)36-48(4)40-58/h9-44H,1-8H3.